The van der Waals surface area contributed by atoms with Crippen LogP contribution in [0.15, 0.2) is 24.3 Å². The number of piperidine rings is 1. The van der Waals surface area contributed by atoms with Crippen molar-refractivity contribution in [3.8, 4) is 0 Å². The number of carbonyl (C=O) groups is 2. The molecule has 0 aliphatic carbocycles. The third-order valence-corrected chi connectivity index (χ3v) is 4.79. The number of likely N-dealkylation sites (tertiary alicyclic amines) is 1. The van der Waals surface area contributed by atoms with Crippen molar-refractivity contribution in [2.24, 2.45) is 5.92 Å². The van der Waals surface area contributed by atoms with Gasteiger partial charge in [-0.1, -0.05) is 13.8 Å². The number of nitrogens with one attached hydrogen (secondary N) is 1. The van der Waals surface area contributed by atoms with E-state index in [2.05, 4.69) is 24.1 Å². The topological polar surface area (TPSA) is 52.7 Å². The molecule has 1 saturated heterocycles. The number of nitrogens with zero attached hydrogens (tertiary/aromatic N) is 2. The zero-order chi connectivity index (χ0) is 18.2. The molecule has 1 atom stereocenters. The van der Waals surface area contributed by atoms with Crippen LogP contribution >= 0.6 is 0 Å². The van der Waals surface area contributed by atoms with E-state index < -0.39 is 0 Å². The minimum absolute atomic E-state index is 0.0174. The second-order valence-electron chi connectivity index (χ2n) is 6.42. The van der Waals surface area contributed by atoms with Crippen LogP contribution in [0.4, 0.5) is 4.39 Å². The van der Waals surface area contributed by atoms with Crippen LogP contribution in [-0.2, 0) is 4.79 Å². The second-order valence-corrected chi connectivity index (χ2v) is 6.42. The van der Waals surface area contributed by atoms with E-state index in [0.717, 1.165) is 32.5 Å². The monoisotopic (exact) mass is 349 g/mol. The van der Waals surface area contributed by atoms with E-state index in [1.807, 2.05) is 0 Å². The number of likely N-dealkylation sites (N-methyl/N-ethyl adjacent to an activating group) is 1. The fraction of sp³-hybridized carbons (Fsp3) is 0.579. The van der Waals surface area contributed by atoms with Gasteiger partial charge in [-0.15, -0.1) is 0 Å². The molecule has 138 valence electrons. The molecule has 0 spiro atoms. The van der Waals surface area contributed by atoms with Gasteiger partial charge in [0, 0.05) is 31.7 Å². The summed E-state index contributed by atoms with van der Waals surface area (Å²) in [6, 6.07) is 5.56. The lowest BCUT2D eigenvalue weighted by Crippen LogP contribution is -2.46. The summed E-state index contributed by atoms with van der Waals surface area (Å²) in [4.78, 5) is 28.9. The first-order valence-corrected chi connectivity index (χ1v) is 9.10. The minimum atomic E-state index is -0.361. The lowest BCUT2D eigenvalue weighted by Gasteiger charge is -2.32. The van der Waals surface area contributed by atoms with Crippen LogP contribution in [0.25, 0.3) is 0 Å². The number of hydrogen-bond acceptors (Lipinski definition) is 3. The van der Waals surface area contributed by atoms with Crippen LogP contribution < -0.4 is 5.32 Å². The highest BCUT2D eigenvalue weighted by atomic mass is 19.1. The maximum atomic E-state index is 13.0. The van der Waals surface area contributed by atoms with E-state index in [0.29, 0.717) is 25.2 Å². The van der Waals surface area contributed by atoms with Gasteiger partial charge in [0.15, 0.2) is 0 Å². The van der Waals surface area contributed by atoms with Gasteiger partial charge >= 0.3 is 0 Å². The van der Waals surface area contributed by atoms with Crippen molar-refractivity contribution in [3.05, 3.63) is 35.6 Å². The Labute approximate surface area is 149 Å². The van der Waals surface area contributed by atoms with Gasteiger partial charge in [-0.2, -0.15) is 0 Å². The molecule has 25 heavy (non-hydrogen) atoms. The van der Waals surface area contributed by atoms with Gasteiger partial charge < -0.3 is 15.1 Å². The Bertz CT molecular complexity index is 573. The van der Waals surface area contributed by atoms with Gasteiger partial charge in [-0.3, -0.25) is 9.59 Å². The van der Waals surface area contributed by atoms with Crippen molar-refractivity contribution in [2.75, 3.05) is 39.3 Å². The third-order valence-electron chi connectivity index (χ3n) is 4.79. The smallest absolute Gasteiger partial charge is 0.253 e. The SMILES string of the molecule is CCN(CC)CCNC(=O)C1CCCN(C(=O)c2ccc(F)cc2)C1. The average molecular weight is 349 g/mol. The molecule has 5 nitrogen and oxygen atoms in total. The molecule has 0 saturated carbocycles. The number of hydrogen-bond donors (Lipinski definition) is 1. The Morgan fingerprint density at radius 1 is 1.24 bits per heavy atom. The van der Waals surface area contributed by atoms with Crippen LogP contribution in [0, 0.1) is 11.7 Å². The van der Waals surface area contributed by atoms with E-state index in [-0.39, 0.29) is 23.5 Å². The second kappa shape index (κ2) is 9.51. The summed E-state index contributed by atoms with van der Waals surface area (Å²) in [6.45, 7) is 8.67. The number of rotatable bonds is 7. The number of amides is 2. The van der Waals surface area contributed by atoms with Gasteiger partial charge in [0.1, 0.15) is 5.82 Å². The highest BCUT2D eigenvalue weighted by molar-refractivity contribution is 5.94. The zero-order valence-corrected chi connectivity index (χ0v) is 15.1. The first-order valence-electron chi connectivity index (χ1n) is 9.10. The molecular weight excluding hydrogens is 321 g/mol. The van der Waals surface area contributed by atoms with Gasteiger partial charge in [-0.25, -0.2) is 4.39 Å². The largest absolute Gasteiger partial charge is 0.355 e. The Balaban J connectivity index is 1.86. The summed E-state index contributed by atoms with van der Waals surface area (Å²) in [7, 11) is 0. The van der Waals surface area contributed by atoms with Crippen molar-refractivity contribution < 1.29 is 14.0 Å². The molecule has 2 rings (SSSR count). The number of carbonyl (C=O) groups excluding carboxylic acids is 2. The molecule has 0 bridgehead atoms. The van der Waals surface area contributed by atoms with Crippen LogP contribution in [-0.4, -0.2) is 60.9 Å². The predicted molar refractivity (Wildman–Crippen MR) is 95.8 cm³/mol. The van der Waals surface area contributed by atoms with Crippen LogP contribution in [0.3, 0.4) is 0 Å². The Morgan fingerprint density at radius 2 is 1.92 bits per heavy atom. The van der Waals surface area contributed by atoms with Crippen molar-refractivity contribution in [2.45, 2.75) is 26.7 Å². The van der Waals surface area contributed by atoms with Gasteiger partial charge in [0.05, 0.1) is 5.92 Å². The standard InChI is InChI=1S/C19H28FN3O2/c1-3-22(4-2)13-11-21-18(24)16-6-5-12-23(14-16)19(25)15-7-9-17(20)10-8-15/h7-10,16H,3-6,11-14H2,1-2H3,(H,21,24). The molecule has 2 amide bonds. The maximum absolute atomic E-state index is 13.0. The van der Waals surface area contributed by atoms with E-state index in [9.17, 15) is 14.0 Å². The predicted octanol–water partition coefficient (Wildman–Crippen LogP) is 2.14. The quantitative estimate of drug-likeness (QED) is 0.820. The fourth-order valence-corrected chi connectivity index (χ4v) is 3.17. The summed E-state index contributed by atoms with van der Waals surface area (Å²) < 4.78 is 13.0. The Kier molecular flexibility index (Phi) is 7.37. The van der Waals surface area contributed by atoms with Crippen molar-refractivity contribution in [3.63, 3.8) is 0 Å². The van der Waals surface area contributed by atoms with Crippen LogP contribution in [0.1, 0.15) is 37.0 Å². The first-order chi connectivity index (χ1) is 12.0. The van der Waals surface area contributed by atoms with Crippen LogP contribution in [0.2, 0.25) is 0 Å². The zero-order valence-electron chi connectivity index (χ0n) is 15.1. The third kappa shape index (κ3) is 5.53. The molecule has 1 heterocycles. The molecule has 1 aliphatic heterocycles. The molecule has 1 aliphatic rings. The molecule has 1 unspecified atom stereocenters. The molecule has 0 radical (unpaired) electrons. The van der Waals surface area contributed by atoms with E-state index in [4.69, 9.17) is 0 Å². The Hall–Kier alpha value is -1.95. The first kappa shape index (κ1) is 19.4. The van der Waals surface area contributed by atoms with Gasteiger partial charge in [0.2, 0.25) is 5.91 Å². The number of benzene rings is 1. The van der Waals surface area contributed by atoms with Crippen molar-refractivity contribution >= 4 is 11.8 Å². The highest BCUT2D eigenvalue weighted by Crippen LogP contribution is 2.19. The molecule has 6 heteroatoms. The lowest BCUT2D eigenvalue weighted by molar-refractivity contribution is -0.126. The summed E-state index contributed by atoms with van der Waals surface area (Å²) in [5, 5.41) is 2.99. The summed E-state index contributed by atoms with van der Waals surface area (Å²) in [6.07, 6.45) is 1.60. The molecule has 1 aromatic carbocycles. The minimum Gasteiger partial charge on any atom is -0.355 e. The average Bonchev–Trinajstić information content (AvgIpc) is 2.65. The van der Waals surface area contributed by atoms with E-state index in [1.165, 1.54) is 24.3 Å². The van der Waals surface area contributed by atoms with Crippen molar-refractivity contribution in [1.82, 2.24) is 15.1 Å². The van der Waals surface area contributed by atoms with Crippen molar-refractivity contribution in [1.29, 1.82) is 0 Å². The van der Waals surface area contributed by atoms with E-state index in [1.54, 1.807) is 4.90 Å². The summed E-state index contributed by atoms with van der Waals surface area (Å²) >= 11 is 0. The summed E-state index contributed by atoms with van der Waals surface area (Å²) in [5.41, 5.74) is 0.462. The normalized spacial score (nSPS) is 17.6. The van der Waals surface area contributed by atoms with Gasteiger partial charge in [0.25, 0.3) is 5.91 Å². The highest BCUT2D eigenvalue weighted by Gasteiger charge is 2.28. The molecule has 1 fully saturated rings. The molecule has 0 aromatic heterocycles. The van der Waals surface area contributed by atoms with Crippen LogP contribution in [0.5, 0.6) is 0 Å². The van der Waals surface area contributed by atoms with E-state index >= 15 is 0 Å². The Morgan fingerprint density at radius 3 is 2.56 bits per heavy atom. The number of halogens is 1. The lowest BCUT2D eigenvalue weighted by atomic mass is 9.96. The fourth-order valence-electron chi connectivity index (χ4n) is 3.17. The molecule has 1 N–H and O–H groups in total. The maximum Gasteiger partial charge on any atom is 0.253 e. The summed E-state index contributed by atoms with van der Waals surface area (Å²) in [5.74, 6) is -0.653. The van der Waals surface area contributed by atoms with Gasteiger partial charge in [-0.05, 0) is 50.2 Å². The molecular formula is C19H28FN3O2. The molecule has 1 aromatic rings.